The van der Waals surface area contributed by atoms with Gasteiger partial charge < -0.3 is 19.1 Å². The van der Waals surface area contributed by atoms with Crippen LogP contribution in [0.3, 0.4) is 0 Å². The Balaban J connectivity index is 1.58. The lowest BCUT2D eigenvalue weighted by Crippen LogP contribution is -2.49. The van der Waals surface area contributed by atoms with E-state index in [9.17, 15) is 9.59 Å². The number of nitrogens with zero attached hydrogens (tertiary/aromatic N) is 4. The van der Waals surface area contributed by atoms with Crippen molar-refractivity contribution in [2.24, 2.45) is 0 Å². The van der Waals surface area contributed by atoms with Crippen LogP contribution in [0, 0.1) is 0 Å². The van der Waals surface area contributed by atoms with Crippen LogP contribution < -0.4 is 4.90 Å². The molecule has 3 heterocycles. The Morgan fingerprint density at radius 3 is 2.32 bits per heavy atom. The number of amides is 2. The van der Waals surface area contributed by atoms with E-state index >= 15 is 0 Å². The van der Waals surface area contributed by atoms with Crippen LogP contribution in [0.15, 0.2) is 41.1 Å². The third-order valence-electron chi connectivity index (χ3n) is 4.89. The summed E-state index contributed by atoms with van der Waals surface area (Å²) >= 11 is 0. The zero-order chi connectivity index (χ0) is 19.9. The van der Waals surface area contributed by atoms with Crippen LogP contribution in [0.5, 0.6) is 0 Å². The summed E-state index contributed by atoms with van der Waals surface area (Å²) in [6.07, 6.45) is 5.06. The molecule has 0 radical (unpaired) electrons. The largest absolute Gasteiger partial charge is 0.459 e. The highest BCUT2D eigenvalue weighted by atomic mass is 16.3. The van der Waals surface area contributed by atoms with Crippen molar-refractivity contribution in [3.63, 3.8) is 0 Å². The third kappa shape index (κ3) is 4.52. The summed E-state index contributed by atoms with van der Waals surface area (Å²) in [4.78, 5) is 35.3. The summed E-state index contributed by atoms with van der Waals surface area (Å²) < 4.78 is 5.20. The zero-order valence-corrected chi connectivity index (χ0v) is 16.6. The van der Waals surface area contributed by atoms with Crippen LogP contribution >= 0.6 is 0 Å². The minimum Gasteiger partial charge on any atom is -0.459 e. The molecular formula is C21H28N4O3. The van der Waals surface area contributed by atoms with Gasteiger partial charge >= 0.3 is 0 Å². The number of hydrogen-bond acceptors (Lipinski definition) is 5. The second-order valence-corrected chi connectivity index (χ2v) is 6.95. The standard InChI is InChI=1S/C21H28N4O3/c1-3-9-24(10-4-2)20(26)17-7-8-19(22-16-17)23-11-13-25(14-12-23)21(27)18-6-5-15-28-18/h5-8,15-16H,3-4,9-14H2,1-2H3. The molecule has 1 aliphatic rings. The van der Waals surface area contributed by atoms with Gasteiger partial charge in [0.25, 0.3) is 11.8 Å². The maximum absolute atomic E-state index is 12.7. The van der Waals surface area contributed by atoms with Gasteiger partial charge in [0.05, 0.1) is 11.8 Å². The number of pyridine rings is 1. The van der Waals surface area contributed by atoms with E-state index in [2.05, 4.69) is 23.7 Å². The highest BCUT2D eigenvalue weighted by molar-refractivity contribution is 5.94. The molecule has 0 aromatic carbocycles. The second kappa shape index (κ2) is 9.39. The van der Waals surface area contributed by atoms with Crippen LogP contribution in [0.25, 0.3) is 0 Å². The van der Waals surface area contributed by atoms with Crippen molar-refractivity contribution in [3.05, 3.63) is 48.0 Å². The Morgan fingerprint density at radius 1 is 1.07 bits per heavy atom. The molecule has 2 amide bonds. The van der Waals surface area contributed by atoms with Crippen LogP contribution in [0.2, 0.25) is 0 Å². The topological polar surface area (TPSA) is 69.9 Å². The van der Waals surface area contributed by atoms with Gasteiger partial charge in [-0.25, -0.2) is 4.98 Å². The molecular weight excluding hydrogens is 356 g/mol. The van der Waals surface area contributed by atoms with Gasteiger partial charge in [-0.05, 0) is 37.1 Å². The Hall–Kier alpha value is -2.83. The summed E-state index contributed by atoms with van der Waals surface area (Å²) in [6, 6.07) is 7.15. The number of furan rings is 1. The Morgan fingerprint density at radius 2 is 1.79 bits per heavy atom. The first-order valence-electron chi connectivity index (χ1n) is 9.97. The van der Waals surface area contributed by atoms with Crippen LogP contribution in [-0.2, 0) is 0 Å². The molecule has 28 heavy (non-hydrogen) atoms. The normalized spacial score (nSPS) is 14.2. The highest BCUT2D eigenvalue weighted by Crippen LogP contribution is 2.17. The van der Waals surface area contributed by atoms with Crippen LogP contribution in [0.4, 0.5) is 5.82 Å². The SMILES string of the molecule is CCCN(CCC)C(=O)c1ccc(N2CCN(C(=O)c3ccco3)CC2)nc1. The van der Waals surface area contributed by atoms with Crippen molar-refractivity contribution in [2.45, 2.75) is 26.7 Å². The lowest BCUT2D eigenvalue weighted by molar-refractivity contribution is 0.0713. The number of carbonyl (C=O) groups excluding carboxylic acids is 2. The van der Waals surface area contributed by atoms with E-state index in [0.717, 1.165) is 31.7 Å². The summed E-state index contributed by atoms with van der Waals surface area (Å²) in [5.74, 6) is 1.17. The van der Waals surface area contributed by atoms with E-state index in [1.165, 1.54) is 6.26 Å². The first-order chi connectivity index (χ1) is 13.6. The summed E-state index contributed by atoms with van der Waals surface area (Å²) in [5, 5.41) is 0. The van der Waals surface area contributed by atoms with Crippen molar-refractivity contribution >= 4 is 17.6 Å². The molecule has 0 N–H and O–H groups in total. The smallest absolute Gasteiger partial charge is 0.289 e. The summed E-state index contributed by atoms with van der Waals surface area (Å²) in [5.41, 5.74) is 0.622. The minimum absolute atomic E-state index is 0.0385. The molecule has 150 valence electrons. The number of anilines is 1. The predicted molar refractivity (Wildman–Crippen MR) is 108 cm³/mol. The van der Waals surface area contributed by atoms with E-state index in [-0.39, 0.29) is 11.8 Å². The zero-order valence-electron chi connectivity index (χ0n) is 16.6. The Bertz CT molecular complexity index is 759. The van der Waals surface area contributed by atoms with Gasteiger partial charge in [-0.15, -0.1) is 0 Å². The lowest BCUT2D eigenvalue weighted by atomic mass is 10.2. The van der Waals surface area contributed by atoms with E-state index in [1.54, 1.807) is 23.2 Å². The molecule has 2 aromatic heterocycles. The third-order valence-corrected chi connectivity index (χ3v) is 4.89. The molecule has 0 aliphatic carbocycles. The number of hydrogen-bond donors (Lipinski definition) is 0. The van der Waals surface area contributed by atoms with E-state index < -0.39 is 0 Å². The Kier molecular flexibility index (Phi) is 6.68. The number of piperazine rings is 1. The molecule has 2 aromatic rings. The molecule has 7 heteroatoms. The van der Waals surface area contributed by atoms with Gasteiger partial charge in [-0.2, -0.15) is 0 Å². The molecule has 1 aliphatic heterocycles. The number of carbonyl (C=O) groups is 2. The van der Waals surface area contributed by atoms with Gasteiger partial charge in [-0.3, -0.25) is 9.59 Å². The summed E-state index contributed by atoms with van der Waals surface area (Å²) in [7, 11) is 0. The van der Waals surface area contributed by atoms with Gasteiger partial charge in [0.2, 0.25) is 0 Å². The highest BCUT2D eigenvalue weighted by Gasteiger charge is 2.24. The first-order valence-corrected chi connectivity index (χ1v) is 9.97. The van der Waals surface area contributed by atoms with Crippen molar-refractivity contribution in [1.82, 2.24) is 14.8 Å². The number of rotatable bonds is 7. The maximum atomic E-state index is 12.7. The van der Waals surface area contributed by atoms with Crippen LogP contribution in [0.1, 0.15) is 47.6 Å². The van der Waals surface area contributed by atoms with Gasteiger partial charge in [0, 0.05) is 45.5 Å². The second-order valence-electron chi connectivity index (χ2n) is 6.95. The van der Waals surface area contributed by atoms with Gasteiger partial charge in [-0.1, -0.05) is 13.8 Å². The fourth-order valence-corrected chi connectivity index (χ4v) is 3.43. The van der Waals surface area contributed by atoms with E-state index in [4.69, 9.17) is 4.42 Å². The van der Waals surface area contributed by atoms with Crippen molar-refractivity contribution < 1.29 is 14.0 Å². The quantitative estimate of drug-likeness (QED) is 0.734. The van der Waals surface area contributed by atoms with E-state index in [0.29, 0.717) is 37.5 Å². The molecule has 0 atom stereocenters. The molecule has 3 rings (SSSR count). The average Bonchev–Trinajstić information content (AvgIpc) is 3.28. The molecule has 7 nitrogen and oxygen atoms in total. The fourth-order valence-electron chi connectivity index (χ4n) is 3.43. The van der Waals surface area contributed by atoms with Gasteiger partial charge in [0.1, 0.15) is 5.82 Å². The number of aromatic nitrogens is 1. The molecule has 0 bridgehead atoms. The van der Waals surface area contributed by atoms with Crippen molar-refractivity contribution in [3.8, 4) is 0 Å². The lowest BCUT2D eigenvalue weighted by Gasteiger charge is -2.35. The van der Waals surface area contributed by atoms with Crippen LogP contribution in [-0.4, -0.2) is 65.9 Å². The predicted octanol–water partition coefficient (Wildman–Crippen LogP) is 2.90. The maximum Gasteiger partial charge on any atom is 0.289 e. The molecule has 1 saturated heterocycles. The van der Waals surface area contributed by atoms with Gasteiger partial charge in [0.15, 0.2) is 5.76 Å². The van der Waals surface area contributed by atoms with Crippen molar-refractivity contribution in [2.75, 3.05) is 44.2 Å². The first kappa shape index (κ1) is 19.9. The minimum atomic E-state index is -0.0782. The Labute approximate surface area is 165 Å². The van der Waals surface area contributed by atoms with Crippen molar-refractivity contribution in [1.29, 1.82) is 0 Å². The molecule has 0 spiro atoms. The molecule has 0 saturated carbocycles. The monoisotopic (exact) mass is 384 g/mol. The fraction of sp³-hybridized carbons (Fsp3) is 0.476. The molecule has 0 unspecified atom stereocenters. The molecule has 1 fully saturated rings. The average molecular weight is 384 g/mol. The summed E-state index contributed by atoms with van der Waals surface area (Å²) in [6.45, 7) is 8.31. The van der Waals surface area contributed by atoms with E-state index in [1.807, 2.05) is 17.0 Å².